The SMILES string of the molecule is CC(CCNC(=O)C1NCCCC1(C)C)C(=O)O. The summed E-state index contributed by atoms with van der Waals surface area (Å²) in [6.07, 6.45) is 2.59. The fourth-order valence-corrected chi connectivity index (χ4v) is 2.30. The van der Waals surface area contributed by atoms with Gasteiger partial charge in [0.15, 0.2) is 0 Å². The fourth-order valence-electron chi connectivity index (χ4n) is 2.30. The van der Waals surface area contributed by atoms with E-state index in [9.17, 15) is 9.59 Å². The maximum Gasteiger partial charge on any atom is 0.306 e. The van der Waals surface area contributed by atoms with Gasteiger partial charge in [0, 0.05) is 6.54 Å². The highest BCUT2D eigenvalue weighted by Gasteiger charge is 2.36. The summed E-state index contributed by atoms with van der Waals surface area (Å²) in [5, 5.41) is 14.8. The van der Waals surface area contributed by atoms with E-state index in [1.807, 2.05) is 0 Å². The van der Waals surface area contributed by atoms with E-state index in [1.54, 1.807) is 6.92 Å². The molecule has 1 amide bonds. The van der Waals surface area contributed by atoms with Crippen LogP contribution in [0.15, 0.2) is 0 Å². The zero-order valence-electron chi connectivity index (χ0n) is 11.5. The van der Waals surface area contributed by atoms with E-state index in [1.165, 1.54) is 0 Å². The Morgan fingerprint density at radius 3 is 2.72 bits per heavy atom. The molecular weight excluding hydrogens is 232 g/mol. The molecule has 1 aliphatic rings. The van der Waals surface area contributed by atoms with Gasteiger partial charge >= 0.3 is 5.97 Å². The first kappa shape index (κ1) is 15.0. The second-order valence-corrected chi connectivity index (χ2v) is 5.80. The topological polar surface area (TPSA) is 78.4 Å². The minimum absolute atomic E-state index is 0.0164. The van der Waals surface area contributed by atoms with E-state index < -0.39 is 11.9 Å². The summed E-state index contributed by atoms with van der Waals surface area (Å²) in [5.41, 5.74) is -0.0409. The molecule has 1 heterocycles. The van der Waals surface area contributed by atoms with Gasteiger partial charge < -0.3 is 15.7 Å². The predicted octanol–water partition coefficient (Wildman–Crippen LogP) is 0.992. The summed E-state index contributed by atoms with van der Waals surface area (Å²) >= 11 is 0. The molecule has 18 heavy (non-hydrogen) atoms. The van der Waals surface area contributed by atoms with Gasteiger partial charge in [-0.25, -0.2) is 0 Å². The minimum Gasteiger partial charge on any atom is -0.481 e. The summed E-state index contributed by atoms with van der Waals surface area (Å²) < 4.78 is 0. The largest absolute Gasteiger partial charge is 0.481 e. The summed E-state index contributed by atoms with van der Waals surface area (Å²) in [5.74, 6) is -1.25. The van der Waals surface area contributed by atoms with Crippen molar-refractivity contribution in [2.75, 3.05) is 13.1 Å². The van der Waals surface area contributed by atoms with Crippen LogP contribution in [0, 0.1) is 11.3 Å². The highest BCUT2D eigenvalue weighted by molar-refractivity contribution is 5.82. The summed E-state index contributed by atoms with van der Waals surface area (Å²) in [6.45, 7) is 7.11. The molecule has 5 nitrogen and oxygen atoms in total. The van der Waals surface area contributed by atoms with E-state index in [2.05, 4.69) is 24.5 Å². The van der Waals surface area contributed by atoms with Crippen molar-refractivity contribution < 1.29 is 14.7 Å². The fraction of sp³-hybridized carbons (Fsp3) is 0.846. The van der Waals surface area contributed by atoms with Crippen LogP contribution in [0.2, 0.25) is 0 Å². The third kappa shape index (κ3) is 3.98. The van der Waals surface area contributed by atoms with Crippen molar-refractivity contribution in [2.45, 2.75) is 46.1 Å². The molecule has 1 rings (SSSR count). The standard InChI is InChI=1S/C13H24N2O3/c1-9(12(17)18)5-8-15-11(16)10-13(2,3)6-4-7-14-10/h9-10,14H,4-8H2,1-3H3,(H,15,16)(H,17,18). The van der Waals surface area contributed by atoms with Gasteiger partial charge in [-0.05, 0) is 31.2 Å². The lowest BCUT2D eigenvalue weighted by atomic mass is 9.77. The quantitative estimate of drug-likeness (QED) is 0.685. The Morgan fingerprint density at radius 1 is 1.50 bits per heavy atom. The number of carboxylic acid groups (broad SMARTS) is 1. The molecule has 104 valence electrons. The van der Waals surface area contributed by atoms with Crippen LogP contribution in [0.3, 0.4) is 0 Å². The number of aliphatic carboxylic acids is 1. The van der Waals surface area contributed by atoms with E-state index >= 15 is 0 Å². The molecule has 5 heteroatoms. The lowest BCUT2D eigenvalue weighted by Crippen LogP contribution is -2.55. The maximum absolute atomic E-state index is 12.0. The second kappa shape index (κ2) is 6.18. The van der Waals surface area contributed by atoms with Gasteiger partial charge in [0.05, 0.1) is 12.0 Å². The third-order valence-electron chi connectivity index (χ3n) is 3.69. The lowest BCUT2D eigenvalue weighted by molar-refractivity contribution is -0.141. The Kier molecular flexibility index (Phi) is 5.14. The average molecular weight is 256 g/mol. The number of piperidine rings is 1. The number of carboxylic acids is 1. The lowest BCUT2D eigenvalue weighted by Gasteiger charge is -2.38. The molecule has 1 aliphatic heterocycles. The van der Waals surface area contributed by atoms with Crippen molar-refractivity contribution in [3.05, 3.63) is 0 Å². The van der Waals surface area contributed by atoms with E-state index in [0.29, 0.717) is 13.0 Å². The van der Waals surface area contributed by atoms with Crippen molar-refractivity contribution in [2.24, 2.45) is 11.3 Å². The van der Waals surface area contributed by atoms with Crippen LogP contribution >= 0.6 is 0 Å². The van der Waals surface area contributed by atoms with Gasteiger partial charge in [0.2, 0.25) is 5.91 Å². The summed E-state index contributed by atoms with van der Waals surface area (Å²) in [4.78, 5) is 22.7. The third-order valence-corrected chi connectivity index (χ3v) is 3.69. The normalized spacial score (nSPS) is 24.3. The van der Waals surface area contributed by atoms with Gasteiger partial charge in [0.1, 0.15) is 0 Å². The van der Waals surface area contributed by atoms with Crippen molar-refractivity contribution in [3.8, 4) is 0 Å². The molecule has 0 aromatic rings. The molecule has 2 unspecified atom stereocenters. The van der Waals surface area contributed by atoms with Crippen LogP contribution in [0.25, 0.3) is 0 Å². The second-order valence-electron chi connectivity index (χ2n) is 5.80. The van der Waals surface area contributed by atoms with E-state index in [-0.39, 0.29) is 17.4 Å². The van der Waals surface area contributed by atoms with Crippen molar-refractivity contribution in [1.82, 2.24) is 10.6 Å². The number of carbonyl (C=O) groups is 2. The van der Waals surface area contributed by atoms with Gasteiger partial charge in [-0.3, -0.25) is 9.59 Å². The highest BCUT2D eigenvalue weighted by atomic mass is 16.4. The highest BCUT2D eigenvalue weighted by Crippen LogP contribution is 2.30. The number of rotatable bonds is 5. The maximum atomic E-state index is 12.0. The Morgan fingerprint density at radius 2 is 2.17 bits per heavy atom. The Hall–Kier alpha value is -1.10. The van der Waals surface area contributed by atoms with Gasteiger partial charge in [0.25, 0.3) is 0 Å². The molecular formula is C13H24N2O3. The zero-order chi connectivity index (χ0) is 13.8. The number of carbonyl (C=O) groups excluding carboxylic acids is 1. The first-order valence-electron chi connectivity index (χ1n) is 6.58. The minimum atomic E-state index is -0.819. The van der Waals surface area contributed by atoms with Crippen LogP contribution in [0.5, 0.6) is 0 Å². The smallest absolute Gasteiger partial charge is 0.306 e. The van der Waals surface area contributed by atoms with E-state index in [0.717, 1.165) is 19.4 Å². The zero-order valence-corrected chi connectivity index (χ0v) is 11.5. The molecule has 1 fully saturated rings. The van der Waals surface area contributed by atoms with Crippen molar-refractivity contribution >= 4 is 11.9 Å². The molecule has 0 radical (unpaired) electrons. The summed E-state index contributed by atoms with van der Waals surface area (Å²) in [6, 6.07) is -0.175. The van der Waals surface area contributed by atoms with Crippen molar-refractivity contribution in [3.63, 3.8) is 0 Å². The van der Waals surface area contributed by atoms with Crippen LogP contribution in [-0.2, 0) is 9.59 Å². The van der Waals surface area contributed by atoms with Gasteiger partial charge in [-0.1, -0.05) is 20.8 Å². The number of hydrogen-bond acceptors (Lipinski definition) is 3. The van der Waals surface area contributed by atoms with Crippen LogP contribution in [0.1, 0.15) is 40.0 Å². The number of amides is 1. The van der Waals surface area contributed by atoms with Crippen molar-refractivity contribution in [1.29, 1.82) is 0 Å². The number of nitrogens with one attached hydrogen (secondary N) is 2. The molecule has 0 spiro atoms. The van der Waals surface area contributed by atoms with E-state index in [4.69, 9.17) is 5.11 Å². The molecule has 3 N–H and O–H groups in total. The van der Waals surface area contributed by atoms with Crippen LogP contribution < -0.4 is 10.6 Å². The molecule has 0 aromatic heterocycles. The monoisotopic (exact) mass is 256 g/mol. The molecule has 0 aromatic carbocycles. The average Bonchev–Trinajstić information content (AvgIpc) is 2.27. The molecule has 2 atom stereocenters. The first-order valence-corrected chi connectivity index (χ1v) is 6.58. The summed E-state index contributed by atoms with van der Waals surface area (Å²) in [7, 11) is 0. The van der Waals surface area contributed by atoms with Crippen LogP contribution in [0.4, 0.5) is 0 Å². The Labute approximate surface area is 108 Å². The Balaban J connectivity index is 2.38. The predicted molar refractivity (Wildman–Crippen MR) is 69.2 cm³/mol. The molecule has 0 aliphatic carbocycles. The first-order chi connectivity index (χ1) is 8.34. The molecule has 0 bridgehead atoms. The van der Waals surface area contributed by atoms with Gasteiger partial charge in [-0.2, -0.15) is 0 Å². The molecule has 1 saturated heterocycles. The number of hydrogen-bond donors (Lipinski definition) is 3. The molecule has 0 saturated carbocycles. The van der Waals surface area contributed by atoms with Gasteiger partial charge in [-0.15, -0.1) is 0 Å². The van der Waals surface area contributed by atoms with Crippen LogP contribution in [-0.4, -0.2) is 36.1 Å². The Bertz CT molecular complexity index is 315.